The lowest BCUT2D eigenvalue weighted by atomic mass is 10.0. The first kappa shape index (κ1) is 14.8. The van der Waals surface area contributed by atoms with Gasteiger partial charge in [-0.3, -0.25) is 4.79 Å². The first-order valence-electron chi connectivity index (χ1n) is 5.03. The van der Waals surface area contributed by atoms with Crippen molar-refractivity contribution in [3.05, 3.63) is 46.1 Å². The summed E-state index contributed by atoms with van der Waals surface area (Å²) in [6.07, 6.45) is 0. The minimum Gasteiger partial charge on any atom is -0.493 e. The molecule has 0 aliphatic heterocycles. The molecule has 0 amide bonds. The van der Waals surface area contributed by atoms with E-state index in [1.54, 1.807) is 38.2 Å². The van der Waals surface area contributed by atoms with Crippen LogP contribution in [0.15, 0.2) is 24.3 Å². The number of aryl methyl sites for hydroxylation is 2. The maximum absolute atomic E-state index is 12.2. The van der Waals surface area contributed by atoms with Crippen molar-refractivity contribution < 1.29 is 9.90 Å². The molecule has 6 heteroatoms. The first-order valence-corrected chi connectivity index (χ1v) is 5.41. The minimum absolute atomic E-state index is 0. The van der Waals surface area contributed by atoms with Gasteiger partial charge in [0.25, 0.3) is 0 Å². The number of hydrogen-bond acceptors (Lipinski definition) is 3. The second-order valence-corrected chi connectivity index (χ2v) is 4.18. The van der Waals surface area contributed by atoms with E-state index < -0.39 is 0 Å². The number of hydrogen-bond donors (Lipinski definition) is 1. The Labute approximate surface area is 120 Å². The number of benzene rings is 1. The van der Waals surface area contributed by atoms with Crippen LogP contribution in [-0.2, 0) is 7.05 Å². The summed E-state index contributed by atoms with van der Waals surface area (Å²) in [5, 5.41) is 14.3. The Balaban J connectivity index is 0.00000162. The lowest BCUT2D eigenvalue weighted by Crippen LogP contribution is -2.02. The van der Waals surface area contributed by atoms with Crippen molar-refractivity contribution in [1.29, 1.82) is 0 Å². The zero-order valence-corrected chi connectivity index (χ0v) is 10.2. The van der Waals surface area contributed by atoms with Gasteiger partial charge in [0, 0.05) is 17.6 Å². The van der Waals surface area contributed by atoms with Crippen LogP contribution in [0.25, 0.3) is 0 Å². The van der Waals surface area contributed by atoms with Gasteiger partial charge in [-0.25, -0.2) is 4.68 Å². The Hall–Kier alpha value is -1.28. The van der Waals surface area contributed by atoms with Crippen LogP contribution in [0.4, 0.5) is 0 Å². The molecule has 0 aliphatic carbocycles. The summed E-state index contributed by atoms with van der Waals surface area (Å²) in [5.74, 6) is -0.382. The summed E-state index contributed by atoms with van der Waals surface area (Å²) in [4.78, 5) is 12.2. The van der Waals surface area contributed by atoms with Gasteiger partial charge in [-0.2, -0.15) is 5.10 Å². The van der Waals surface area contributed by atoms with Gasteiger partial charge < -0.3 is 5.11 Å². The molecule has 0 atom stereocenters. The topological polar surface area (TPSA) is 55.1 Å². The molecule has 0 saturated carbocycles. The molecule has 18 heavy (non-hydrogen) atoms. The van der Waals surface area contributed by atoms with Crippen LogP contribution < -0.4 is 0 Å². The van der Waals surface area contributed by atoms with Crippen LogP contribution in [0, 0.1) is 6.92 Å². The summed E-state index contributed by atoms with van der Waals surface area (Å²) < 4.78 is 1.28. The number of carbonyl (C=O) groups excluding carboxylic acids is 1. The SMILES string of the molecule is Cc1nn(C)c(O)c1C(=O)c1ccc(Cl)cc1.[AlH3]. The van der Waals surface area contributed by atoms with Crippen LogP contribution in [-0.4, -0.2) is 38.0 Å². The monoisotopic (exact) mass is 280 g/mol. The standard InChI is InChI=1S/C12H11ClN2O2.Al.3H/c1-7-10(12(17)15(2)14-7)11(16)8-3-5-9(13)6-4-8;;;;/h3-6,17H,1-2H3;;;;. The van der Waals surface area contributed by atoms with Crippen LogP contribution in [0.2, 0.25) is 5.02 Å². The molecule has 94 valence electrons. The quantitative estimate of drug-likeness (QED) is 0.663. The molecule has 0 aliphatic rings. The van der Waals surface area contributed by atoms with E-state index in [4.69, 9.17) is 11.6 Å². The highest BCUT2D eigenvalue weighted by Crippen LogP contribution is 2.23. The Morgan fingerprint density at radius 1 is 1.33 bits per heavy atom. The van der Waals surface area contributed by atoms with Gasteiger partial charge in [-0.1, -0.05) is 11.6 Å². The number of nitrogens with zero attached hydrogens (tertiary/aromatic N) is 2. The van der Waals surface area contributed by atoms with Gasteiger partial charge in [0.15, 0.2) is 23.1 Å². The van der Waals surface area contributed by atoms with E-state index in [2.05, 4.69) is 5.10 Å². The lowest BCUT2D eigenvalue weighted by molar-refractivity contribution is 0.103. The number of halogens is 1. The van der Waals surface area contributed by atoms with Gasteiger partial charge in [-0.05, 0) is 31.2 Å². The highest BCUT2D eigenvalue weighted by Gasteiger charge is 2.20. The molecule has 2 aromatic rings. The van der Waals surface area contributed by atoms with Crippen LogP contribution in [0.3, 0.4) is 0 Å². The Bertz CT molecular complexity index is 579. The summed E-state index contributed by atoms with van der Waals surface area (Å²) in [5.41, 5.74) is 1.21. The second kappa shape index (κ2) is 5.58. The summed E-state index contributed by atoms with van der Waals surface area (Å²) in [6, 6.07) is 6.52. The fourth-order valence-corrected chi connectivity index (χ4v) is 1.78. The number of carbonyl (C=O) groups is 1. The van der Waals surface area contributed by atoms with E-state index in [1.165, 1.54) is 4.68 Å². The Kier molecular flexibility index (Phi) is 4.58. The van der Waals surface area contributed by atoms with E-state index in [0.29, 0.717) is 16.3 Å². The first-order chi connectivity index (χ1) is 8.00. The molecule has 1 heterocycles. The van der Waals surface area contributed by atoms with Crippen molar-refractivity contribution in [3.8, 4) is 5.88 Å². The molecule has 1 aromatic carbocycles. The zero-order valence-electron chi connectivity index (χ0n) is 9.44. The largest absolute Gasteiger partial charge is 0.493 e. The van der Waals surface area contributed by atoms with Crippen LogP contribution in [0.1, 0.15) is 21.6 Å². The van der Waals surface area contributed by atoms with Crippen molar-refractivity contribution in [2.24, 2.45) is 7.05 Å². The summed E-state index contributed by atoms with van der Waals surface area (Å²) in [7, 11) is 1.58. The molecule has 0 saturated heterocycles. The maximum atomic E-state index is 12.2. The third-order valence-corrected chi connectivity index (χ3v) is 2.78. The third-order valence-electron chi connectivity index (χ3n) is 2.53. The molecule has 0 unspecified atom stereocenters. The molecule has 2 rings (SSSR count). The van der Waals surface area contributed by atoms with Crippen LogP contribution in [0.5, 0.6) is 5.88 Å². The fourth-order valence-electron chi connectivity index (χ4n) is 1.66. The maximum Gasteiger partial charge on any atom is 0.220 e. The highest BCUT2D eigenvalue weighted by molar-refractivity contribution is 6.30. The van der Waals surface area contributed by atoms with E-state index in [0.717, 1.165) is 0 Å². The van der Waals surface area contributed by atoms with Gasteiger partial charge in [0.1, 0.15) is 5.56 Å². The van der Waals surface area contributed by atoms with Crippen molar-refractivity contribution in [1.82, 2.24) is 9.78 Å². The third kappa shape index (κ3) is 2.59. The number of aromatic nitrogens is 2. The van der Waals surface area contributed by atoms with Gasteiger partial charge >= 0.3 is 0 Å². The summed E-state index contributed by atoms with van der Waals surface area (Å²) >= 11 is 5.75. The predicted octanol–water partition coefficient (Wildman–Crippen LogP) is 1.13. The van der Waals surface area contributed by atoms with E-state index in [1.807, 2.05) is 0 Å². The molecule has 0 fully saturated rings. The number of rotatable bonds is 2. The molecule has 0 radical (unpaired) electrons. The van der Waals surface area contributed by atoms with Gasteiger partial charge in [0.05, 0.1) is 5.69 Å². The van der Waals surface area contributed by atoms with E-state index in [9.17, 15) is 9.90 Å². The smallest absolute Gasteiger partial charge is 0.220 e. The zero-order chi connectivity index (χ0) is 12.6. The molecule has 4 nitrogen and oxygen atoms in total. The van der Waals surface area contributed by atoms with Gasteiger partial charge in [0.2, 0.25) is 5.88 Å². The fraction of sp³-hybridized carbons (Fsp3) is 0.167. The summed E-state index contributed by atoms with van der Waals surface area (Å²) in [6.45, 7) is 1.68. The Morgan fingerprint density at radius 3 is 2.33 bits per heavy atom. The normalized spacial score (nSPS) is 9.94. The highest BCUT2D eigenvalue weighted by atomic mass is 35.5. The van der Waals surface area contributed by atoms with Crippen molar-refractivity contribution in [2.45, 2.75) is 6.92 Å². The van der Waals surface area contributed by atoms with Crippen LogP contribution >= 0.6 is 11.6 Å². The predicted molar refractivity (Wildman–Crippen MR) is 74.4 cm³/mol. The number of ketones is 1. The molecule has 0 bridgehead atoms. The molecule has 1 N–H and O–H groups in total. The molecule has 0 spiro atoms. The van der Waals surface area contributed by atoms with E-state index >= 15 is 0 Å². The minimum atomic E-state index is -0.259. The van der Waals surface area contributed by atoms with Gasteiger partial charge in [-0.15, -0.1) is 0 Å². The average molecular weight is 281 g/mol. The number of aromatic hydroxyl groups is 1. The van der Waals surface area contributed by atoms with Crippen molar-refractivity contribution in [3.63, 3.8) is 0 Å². The molecule has 1 aromatic heterocycles. The lowest BCUT2D eigenvalue weighted by Gasteiger charge is -2.00. The van der Waals surface area contributed by atoms with Crippen molar-refractivity contribution in [2.75, 3.05) is 0 Å². The average Bonchev–Trinajstić information content (AvgIpc) is 2.53. The molecular weight excluding hydrogens is 267 g/mol. The second-order valence-electron chi connectivity index (χ2n) is 3.74. The molecular formula is C12H14AlClN2O2. The Morgan fingerprint density at radius 2 is 1.89 bits per heavy atom. The van der Waals surface area contributed by atoms with E-state index in [-0.39, 0.29) is 34.6 Å². The van der Waals surface area contributed by atoms with Crippen molar-refractivity contribution >= 4 is 34.7 Å².